The maximum atomic E-state index is 2.30. The molecule has 0 spiro atoms. The van der Waals surface area contributed by atoms with Crippen molar-refractivity contribution in [3.05, 3.63) is 0 Å². The fourth-order valence-electron chi connectivity index (χ4n) is 2.12. The fourth-order valence-corrected chi connectivity index (χ4v) is 2.12. The van der Waals surface area contributed by atoms with Crippen molar-refractivity contribution in [3.8, 4) is 0 Å². The summed E-state index contributed by atoms with van der Waals surface area (Å²) in [7, 11) is 0. The molecule has 0 radical (unpaired) electrons. The Morgan fingerprint density at radius 2 is 0.600 bits per heavy atom. The molecule has 15 heavy (non-hydrogen) atoms. The molecule has 0 aromatic carbocycles. The molecule has 0 fully saturated rings. The van der Waals surface area contributed by atoms with Crippen molar-refractivity contribution in [1.82, 2.24) is 0 Å². The maximum absolute atomic E-state index is 2.30. The smallest absolute Gasteiger partial charge is 0.184 e. The minimum absolute atomic E-state index is 0. The van der Waals surface area contributed by atoms with E-state index in [9.17, 15) is 0 Å². The Labute approximate surface area is 116 Å². The summed E-state index contributed by atoms with van der Waals surface area (Å²) in [4.78, 5) is 0. The van der Waals surface area contributed by atoms with Crippen LogP contribution in [0.15, 0.2) is 0 Å². The van der Waals surface area contributed by atoms with E-state index >= 15 is 0 Å². The molecule has 0 saturated heterocycles. The predicted molar refractivity (Wildman–Crippen MR) is 82.9 cm³/mol. The molecule has 0 aromatic heterocycles. The molecule has 0 heterocycles. The van der Waals surface area contributed by atoms with Crippen LogP contribution in [0.5, 0.6) is 0 Å². The predicted octanol–water partition coefficient (Wildman–Crippen LogP) is 4.17. The largest absolute Gasteiger partial charge is 2.00 e. The Kier molecular flexibility index (Phi) is 24.5. The normalized spacial score (nSPS) is 9.60. The van der Waals surface area contributed by atoms with Crippen LogP contribution in [0.3, 0.4) is 0 Å². The van der Waals surface area contributed by atoms with Gasteiger partial charge in [0.15, 0.2) is 0 Å². The fraction of sp³-hybridized carbons (Fsp3) is 1.00. The molecule has 88 valence electrons. The second-order valence-corrected chi connectivity index (χ2v) is 5.12. The molecule has 0 N–H and O–H groups in total. The van der Waals surface area contributed by atoms with Crippen molar-refractivity contribution >= 4 is 36.5 Å². The first kappa shape index (κ1) is 21.2. The second-order valence-electron chi connectivity index (χ2n) is 5.12. The van der Waals surface area contributed by atoms with Crippen LogP contribution in [-0.4, -0.2) is 36.5 Å². The first-order chi connectivity index (χ1) is 6.69. The van der Waals surface area contributed by atoms with Crippen LogP contribution in [0.1, 0.15) is 41.5 Å². The van der Waals surface area contributed by atoms with E-state index in [1.54, 1.807) is 0 Å². The van der Waals surface area contributed by atoms with Gasteiger partial charge in [0, 0.05) is 0 Å². The van der Waals surface area contributed by atoms with Gasteiger partial charge in [-0.05, 0) is 13.4 Å². The van der Waals surface area contributed by atoms with E-state index in [4.69, 9.17) is 0 Å². The summed E-state index contributed by atoms with van der Waals surface area (Å²) < 4.78 is 0. The number of rotatable bonds is 6. The van der Waals surface area contributed by atoms with Crippen molar-refractivity contribution < 1.29 is 0 Å². The summed E-state index contributed by atoms with van der Waals surface area (Å²) in [6.45, 7) is 14.4. The van der Waals surface area contributed by atoms with Crippen molar-refractivity contribution in [2.45, 2.75) is 79.5 Å². The summed E-state index contributed by atoms with van der Waals surface area (Å²) in [5.74, 6) is 0. The molecule has 0 nitrogen and oxygen atoms in total. The van der Waals surface area contributed by atoms with E-state index in [0.717, 1.165) is 0 Å². The summed E-state index contributed by atoms with van der Waals surface area (Å²) in [5, 5.41) is 0. The quantitative estimate of drug-likeness (QED) is 0.592. The molecule has 0 rings (SSSR count). The van der Waals surface area contributed by atoms with Gasteiger partial charge in [0.1, 0.15) is 0 Å². The molecule has 0 aromatic rings. The summed E-state index contributed by atoms with van der Waals surface area (Å²) in [6.07, 6.45) is 8.62. The van der Waals surface area contributed by atoms with Crippen LogP contribution in [0, 0.1) is 0 Å². The van der Waals surface area contributed by atoms with Crippen LogP contribution in [-0.2, 0) is 0 Å². The van der Waals surface area contributed by atoms with E-state index in [-0.39, 0.29) is 23.1 Å². The maximum Gasteiger partial charge on any atom is 2.00 e. The third-order valence-electron chi connectivity index (χ3n) is 4.24. The van der Waals surface area contributed by atoms with Crippen molar-refractivity contribution in [2.24, 2.45) is 0 Å². The molecule has 0 amide bonds. The molecular weight excluding hydrogens is 190 g/mol. The first-order valence-corrected chi connectivity index (χ1v) is 7.24. The average Bonchev–Trinajstić information content (AvgIpc) is 2.24. The zero-order chi connectivity index (χ0) is 11.4. The van der Waals surface area contributed by atoms with E-state index in [0.29, 0.717) is 13.4 Å². The monoisotopic (exact) mass is 222 g/mol. The summed E-state index contributed by atoms with van der Waals surface area (Å²) >= 11 is 0. The van der Waals surface area contributed by atoms with Gasteiger partial charge in [-0.15, -0.1) is 0 Å². The second kappa shape index (κ2) is 17.3. The Morgan fingerprint density at radius 3 is 0.600 bits per heavy atom. The van der Waals surface area contributed by atoms with Gasteiger partial charge in [-0.3, -0.25) is 0 Å². The zero-order valence-corrected chi connectivity index (χ0v) is 13.8. The first-order valence-electron chi connectivity index (χ1n) is 7.24. The van der Waals surface area contributed by atoms with Gasteiger partial charge in [0.05, 0.1) is 0 Å². The summed E-state index contributed by atoms with van der Waals surface area (Å²) in [6, 6.07) is 0. The van der Waals surface area contributed by atoms with Crippen LogP contribution in [0.4, 0.5) is 0 Å². The number of hydrogen-bond acceptors (Lipinski definition) is 0. The van der Waals surface area contributed by atoms with E-state index in [2.05, 4.69) is 41.5 Å². The van der Waals surface area contributed by atoms with Crippen LogP contribution in [0.25, 0.3) is 0 Å². The molecular formula is C12H32B2Mg. The standard InChI is InChI=1S/2C6H16B.Mg/c2*1-4-7(5-2)6-3;/h2*7H,4-6H2,1-3H3;/q2*-1;+2. The third kappa shape index (κ3) is 14.9. The van der Waals surface area contributed by atoms with Crippen LogP contribution >= 0.6 is 0 Å². The van der Waals surface area contributed by atoms with Crippen molar-refractivity contribution in [3.63, 3.8) is 0 Å². The molecule has 0 aliphatic heterocycles. The molecule has 0 unspecified atom stereocenters. The van der Waals surface area contributed by atoms with E-state index in [1.165, 1.54) is 37.9 Å². The van der Waals surface area contributed by atoms with Gasteiger partial charge >= 0.3 is 23.1 Å². The Balaban J connectivity index is -0.000000180. The van der Waals surface area contributed by atoms with Crippen LogP contribution in [0.2, 0.25) is 37.9 Å². The van der Waals surface area contributed by atoms with Gasteiger partial charge in [0.25, 0.3) is 0 Å². The Bertz CT molecular complexity index is 68.6. The molecule has 0 saturated carbocycles. The zero-order valence-electron chi connectivity index (χ0n) is 12.4. The minimum atomic E-state index is 0. The topological polar surface area (TPSA) is 0 Å². The minimum Gasteiger partial charge on any atom is -0.184 e. The van der Waals surface area contributed by atoms with Gasteiger partial charge in [0.2, 0.25) is 0 Å². The Morgan fingerprint density at radius 1 is 0.467 bits per heavy atom. The Hall–Kier alpha value is 0.896. The average molecular weight is 222 g/mol. The molecule has 0 aliphatic rings. The van der Waals surface area contributed by atoms with Gasteiger partial charge in [-0.2, -0.15) is 37.9 Å². The third-order valence-corrected chi connectivity index (χ3v) is 4.24. The van der Waals surface area contributed by atoms with Gasteiger partial charge < -0.3 is 0 Å². The van der Waals surface area contributed by atoms with Gasteiger partial charge in [-0.25, -0.2) is 0 Å². The molecule has 0 bridgehead atoms. The van der Waals surface area contributed by atoms with Crippen molar-refractivity contribution in [1.29, 1.82) is 0 Å². The SMILES string of the molecule is CC[BH-](CC)CC.CC[BH-](CC)CC.[Mg+2]. The molecule has 0 atom stereocenters. The van der Waals surface area contributed by atoms with Gasteiger partial charge in [-0.1, -0.05) is 41.5 Å². The molecule has 3 heteroatoms. The van der Waals surface area contributed by atoms with Crippen molar-refractivity contribution in [2.75, 3.05) is 0 Å². The summed E-state index contributed by atoms with van der Waals surface area (Å²) in [5.41, 5.74) is 0. The van der Waals surface area contributed by atoms with Crippen LogP contribution < -0.4 is 0 Å². The van der Waals surface area contributed by atoms with E-state index in [1.807, 2.05) is 0 Å². The number of hydrogen-bond donors (Lipinski definition) is 0. The van der Waals surface area contributed by atoms with E-state index < -0.39 is 0 Å². The molecule has 0 aliphatic carbocycles.